The molecule has 0 aliphatic carbocycles. The summed E-state index contributed by atoms with van der Waals surface area (Å²) in [6.07, 6.45) is -2.19. The molecule has 5 heteroatoms. The third kappa shape index (κ3) is 1.92. The summed E-state index contributed by atoms with van der Waals surface area (Å²) in [5, 5.41) is 3.73. The molecule has 0 aromatic carbocycles. The molecule has 78 valence electrons. The first-order chi connectivity index (χ1) is 6.65. The Hall–Kier alpha value is -0.970. The van der Waals surface area contributed by atoms with E-state index in [1.54, 1.807) is 0 Å². The number of aromatic nitrogens is 1. The molecule has 14 heavy (non-hydrogen) atoms. The third-order valence-electron chi connectivity index (χ3n) is 2.40. The first-order valence-electron chi connectivity index (χ1n) is 4.58. The predicted molar refractivity (Wildman–Crippen MR) is 46.0 cm³/mol. The normalized spacial score (nSPS) is 18.9. The average Bonchev–Trinajstić information content (AvgIpc) is 2.42. The van der Waals surface area contributed by atoms with Crippen molar-refractivity contribution in [1.29, 1.82) is 0 Å². The molecular formula is C9H12F2N2O. The maximum Gasteiger partial charge on any atom is 0.243 e. The van der Waals surface area contributed by atoms with Crippen molar-refractivity contribution in [1.82, 2.24) is 10.1 Å². The van der Waals surface area contributed by atoms with Gasteiger partial charge in [0.2, 0.25) is 6.43 Å². The van der Waals surface area contributed by atoms with Gasteiger partial charge in [-0.2, -0.15) is 0 Å². The number of likely N-dealkylation sites (tertiary alicyclic amines) is 1. The fraction of sp³-hybridized carbons (Fsp3) is 0.667. The van der Waals surface area contributed by atoms with Crippen LogP contribution in [0.5, 0.6) is 0 Å². The van der Waals surface area contributed by atoms with Crippen molar-refractivity contribution in [3.63, 3.8) is 0 Å². The summed E-state index contributed by atoms with van der Waals surface area (Å²) >= 11 is 0. The highest BCUT2D eigenvalue weighted by molar-refractivity contribution is 5.03. The highest BCUT2D eigenvalue weighted by Crippen LogP contribution is 2.24. The Morgan fingerprint density at radius 2 is 2.36 bits per heavy atom. The standard InChI is InChI=1S/C9H12F2N2O/c1-6-2-8(14-12-6)5-13-3-7(4-13)9(10)11/h2,7,9H,3-5H2,1H3. The highest BCUT2D eigenvalue weighted by atomic mass is 19.3. The molecule has 2 heterocycles. The number of rotatable bonds is 3. The maximum absolute atomic E-state index is 12.1. The van der Waals surface area contributed by atoms with Gasteiger partial charge in [-0.05, 0) is 6.92 Å². The molecule has 0 N–H and O–H groups in total. The monoisotopic (exact) mass is 202 g/mol. The lowest BCUT2D eigenvalue weighted by Gasteiger charge is -2.37. The van der Waals surface area contributed by atoms with E-state index in [0.717, 1.165) is 11.5 Å². The lowest BCUT2D eigenvalue weighted by molar-refractivity contribution is -0.0309. The highest BCUT2D eigenvalue weighted by Gasteiger charge is 2.34. The van der Waals surface area contributed by atoms with Crippen LogP contribution in [0.1, 0.15) is 11.5 Å². The van der Waals surface area contributed by atoms with Gasteiger partial charge in [0, 0.05) is 25.1 Å². The van der Waals surface area contributed by atoms with Crippen LogP contribution in [0.25, 0.3) is 0 Å². The minimum atomic E-state index is -2.19. The van der Waals surface area contributed by atoms with Crippen molar-refractivity contribution in [2.45, 2.75) is 19.9 Å². The van der Waals surface area contributed by atoms with Gasteiger partial charge in [-0.1, -0.05) is 5.16 Å². The van der Waals surface area contributed by atoms with Gasteiger partial charge < -0.3 is 4.52 Å². The molecule has 0 radical (unpaired) electrons. The largest absolute Gasteiger partial charge is 0.360 e. The average molecular weight is 202 g/mol. The van der Waals surface area contributed by atoms with Crippen LogP contribution in [0.4, 0.5) is 8.78 Å². The molecule has 0 bridgehead atoms. The summed E-state index contributed by atoms with van der Waals surface area (Å²) in [6.45, 7) is 3.34. The van der Waals surface area contributed by atoms with E-state index in [1.807, 2.05) is 17.9 Å². The number of hydrogen-bond donors (Lipinski definition) is 0. The maximum atomic E-state index is 12.1. The van der Waals surface area contributed by atoms with Gasteiger partial charge in [0.05, 0.1) is 12.2 Å². The molecule has 1 fully saturated rings. The van der Waals surface area contributed by atoms with Crippen LogP contribution >= 0.6 is 0 Å². The van der Waals surface area contributed by atoms with Crippen molar-refractivity contribution in [2.75, 3.05) is 13.1 Å². The fourth-order valence-corrected chi connectivity index (χ4v) is 1.61. The Labute approximate surface area is 80.7 Å². The number of aryl methyl sites for hydroxylation is 1. The van der Waals surface area contributed by atoms with Gasteiger partial charge >= 0.3 is 0 Å². The SMILES string of the molecule is Cc1cc(CN2CC(C(F)F)C2)on1. The molecule has 1 aliphatic rings. The molecule has 0 spiro atoms. The summed E-state index contributed by atoms with van der Waals surface area (Å²) in [4.78, 5) is 1.93. The number of alkyl halides is 2. The number of hydrogen-bond acceptors (Lipinski definition) is 3. The Bertz CT molecular complexity index is 308. The van der Waals surface area contributed by atoms with Gasteiger partial charge in [-0.3, -0.25) is 4.90 Å². The molecular weight excluding hydrogens is 190 g/mol. The van der Waals surface area contributed by atoms with Gasteiger partial charge in [0.25, 0.3) is 0 Å². The molecule has 0 atom stereocenters. The molecule has 1 aliphatic heterocycles. The van der Waals surface area contributed by atoms with Crippen LogP contribution in [0.2, 0.25) is 0 Å². The van der Waals surface area contributed by atoms with Crippen molar-refractivity contribution in [3.8, 4) is 0 Å². The zero-order valence-corrected chi connectivity index (χ0v) is 7.91. The van der Waals surface area contributed by atoms with Gasteiger partial charge in [0.1, 0.15) is 0 Å². The molecule has 1 aromatic heterocycles. The second-order valence-corrected chi connectivity index (χ2v) is 3.72. The Morgan fingerprint density at radius 3 is 2.86 bits per heavy atom. The first-order valence-corrected chi connectivity index (χ1v) is 4.58. The smallest absolute Gasteiger partial charge is 0.243 e. The minimum Gasteiger partial charge on any atom is -0.360 e. The van der Waals surface area contributed by atoms with E-state index in [1.165, 1.54) is 0 Å². The van der Waals surface area contributed by atoms with Crippen molar-refractivity contribution in [2.24, 2.45) is 5.92 Å². The van der Waals surface area contributed by atoms with Gasteiger partial charge in [-0.15, -0.1) is 0 Å². The lowest BCUT2D eigenvalue weighted by Crippen LogP contribution is -2.49. The van der Waals surface area contributed by atoms with E-state index in [-0.39, 0.29) is 0 Å². The first kappa shape index (κ1) is 9.58. The number of halogens is 2. The van der Waals surface area contributed by atoms with Gasteiger partial charge in [-0.25, -0.2) is 8.78 Å². The molecule has 2 rings (SSSR count). The van der Waals surface area contributed by atoms with Crippen LogP contribution in [-0.2, 0) is 6.54 Å². The van der Waals surface area contributed by atoms with E-state index < -0.39 is 12.3 Å². The summed E-state index contributed by atoms with van der Waals surface area (Å²) in [7, 11) is 0. The zero-order valence-electron chi connectivity index (χ0n) is 7.91. The zero-order chi connectivity index (χ0) is 10.1. The van der Waals surface area contributed by atoms with Crippen molar-refractivity contribution in [3.05, 3.63) is 17.5 Å². The summed E-state index contributed by atoms with van der Waals surface area (Å²) in [6, 6.07) is 1.83. The van der Waals surface area contributed by atoms with Crippen LogP contribution in [0.3, 0.4) is 0 Å². The summed E-state index contributed by atoms with van der Waals surface area (Å²) in [5.74, 6) is 0.286. The molecule has 3 nitrogen and oxygen atoms in total. The Kier molecular flexibility index (Phi) is 2.50. The van der Waals surface area contributed by atoms with E-state index in [9.17, 15) is 8.78 Å². The molecule has 1 saturated heterocycles. The quantitative estimate of drug-likeness (QED) is 0.746. The molecule has 1 aromatic rings. The fourth-order valence-electron chi connectivity index (χ4n) is 1.61. The third-order valence-corrected chi connectivity index (χ3v) is 2.40. The second-order valence-electron chi connectivity index (χ2n) is 3.72. The Morgan fingerprint density at radius 1 is 1.64 bits per heavy atom. The van der Waals surface area contributed by atoms with E-state index in [2.05, 4.69) is 5.16 Å². The number of nitrogens with zero attached hydrogens (tertiary/aromatic N) is 2. The van der Waals surface area contributed by atoms with E-state index in [4.69, 9.17) is 4.52 Å². The topological polar surface area (TPSA) is 29.3 Å². The lowest BCUT2D eigenvalue weighted by atomic mass is 10.0. The van der Waals surface area contributed by atoms with E-state index in [0.29, 0.717) is 19.6 Å². The van der Waals surface area contributed by atoms with Crippen molar-refractivity contribution < 1.29 is 13.3 Å². The van der Waals surface area contributed by atoms with Crippen LogP contribution < -0.4 is 0 Å². The van der Waals surface area contributed by atoms with Crippen LogP contribution in [0.15, 0.2) is 10.6 Å². The summed E-state index contributed by atoms with van der Waals surface area (Å²) < 4.78 is 29.3. The molecule has 0 saturated carbocycles. The van der Waals surface area contributed by atoms with Crippen molar-refractivity contribution >= 4 is 0 Å². The molecule has 0 unspecified atom stereocenters. The van der Waals surface area contributed by atoms with Gasteiger partial charge in [0.15, 0.2) is 5.76 Å². The second kappa shape index (κ2) is 3.65. The predicted octanol–water partition coefficient (Wildman–Crippen LogP) is 1.68. The van der Waals surface area contributed by atoms with Crippen LogP contribution in [-0.4, -0.2) is 29.6 Å². The minimum absolute atomic E-state index is 0.456. The summed E-state index contributed by atoms with van der Waals surface area (Å²) in [5.41, 5.74) is 0.825. The molecule has 0 amide bonds. The van der Waals surface area contributed by atoms with E-state index >= 15 is 0 Å². The Balaban J connectivity index is 1.79. The van der Waals surface area contributed by atoms with Crippen LogP contribution in [0, 0.1) is 12.8 Å².